The summed E-state index contributed by atoms with van der Waals surface area (Å²) in [6, 6.07) is 25.0. The van der Waals surface area contributed by atoms with E-state index in [1.54, 1.807) is 18.2 Å². The molecule has 0 unspecified atom stereocenters. The van der Waals surface area contributed by atoms with Gasteiger partial charge in [-0.1, -0.05) is 70.5 Å². The Labute approximate surface area is 208 Å². The summed E-state index contributed by atoms with van der Waals surface area (Å²) >= 11 is 3.37. The fraction of sp³-hybridized carbons (Fsp3) is 0. The smallest absolute Gasteiger partial charge is 0.545 e. The molecule has 0 saturated carbocycles. The van der Waals surface area contributed by atoms with E-state index in [4.69, 9.17) is 0 Å². The summed E-state index contributed by atoms with van der Waals surface area (Å²) in [5, 5.41) is 12.2. The normalized spacial score (nSPS) is 10.4. The second-order valence-corrected chi connectivity index (χ2v) is 6.86. The van der Waals surface area contributed by atoms with E-state index in [9.17, 15) is 9.90 Å². The standard InChI is InChI=1S/C22H14BrNO2.K/c23-17-10-11-20-18(12-17)19(22(25)26)13-21(24-20)16-8-6-15(7-9-16)14-4-2-1-3-5-14;/h1-13H,(H,25,26);/q;+1/p-1. The molecule has 4 rings (SSSR count). The van der Waals surface area contributed by atoms with Crippen molar-refractivity contribution in [1.82, 2.24) is 4.98 Å². The van der Waals surface area contributed by atoms with Gasteiger partial charge in [-0.3, -0.25) is 0 Å². The minimum atomic E-state index is -1.21. The number of carbonyl (C=O) groups is 1. The Morgan fingerprint density at radius 3 is 2.11 bits per heavy atom. The molecular weight excluding hydrogens is 429 g/mol. The number of carboxylic acid groups (broad SMARTS) is 1. The van der Waals surface area contributed by atoms with Crippen LogP contribution in [0.4, 0.5) is 0 Å². The van der Waals surface area contributed by atoms with Gasteiger partial charge in [0.1, 0.15) is 0 Å². The van der Waals surface area contributed by atoms with Gasteiger partial charge in [0.15, 0.2) is 0 Å². The molecule has 27 heavy (non-hydrogen) atoms. The predicted molar refractivity (Wildman–Crippen MR) is 105 cm³/mol. The zero-order valence-corrected chi connectivity index (χ0v) is 19.4. The molecule has 5 heteroatoms. The molecule has 4 aromatic rings. The Morgan fingerprint density at radius 2 is 1.44 bits per heavy atom. The van der Waals surface area contributed by atoms with Crippen molar-refractivity contribution < 1.29 is 61.3 Å². The van der Waals surface area contributed by atoms with E-state index in [0.717, 1.165) is 21.2 Å². The molecule has 3 aromatic carbocycles. The van der Waals surface area contributed by atoms with Crippen LogP contribution in [0.15, 0.2) is 83.3 Å². The average molecular weight is 442 g/mol. The van der Waals surface area contributed by atoms with Crippen LogP contribution in [0.5, 0.6) is 0 Å². The first-order valence-corrected chi connectivity index (χ1v) is 8.88. The van der Waals surface area contributed by atoms with Gasteiger partial charge in [-0.15, -0.1) is 0 Å². The van der Waals surface area contributed by atoms with E-state index >= 15 is 0 Å². The van der Waals surface area contributed by atoms with Crippen LogP contribution in [0.2, 0.25) is 0 Å². The van der Waals surface area contributed by atoms with Gasteiger partial charge in [-0.2, -0.15) is 0 Å². The Morgan fingerprint density at radius 1 is 0.815 bits per heavy atom. The first kappa shape index (κ1) is 20.4. The summed E-state index contributed by atoms with van der Waals surface area (Å²) in [5.41, 5.74) is 4.45. The number of carbonyl (C=O) groups excluding carboxylic acids is 1. The Bertz CT molecular complexity index is 1110. The van der Waals surface area contributed by atoms with Crippen molar-refractivity contribution in [2.75, 3.05) is 0 Å². The summed E-state index contributed by atoms with van der Waals surface area (Å²) in [6.45, 7) is 0. The number of hydrogen-bond donors (Lipinski definition) is 0. The molecule has 1 aromatic heterocycles. The van der Waals surface area contributed by atoms with Gasteiger partial charge in [-0.25, -0.2) is 4.98 Å². The van der Waals surface area contributed by atoms with Crippen molar-refractivity contribution in [2.45, 2.75) is 0 Å². The number of benzene rings is 3. The van der Waals surface area contributed by atoms with Gasteiger partial charge in [-0.05, 0) is 35.4 Å². The van der Waals surface area contributed by atoms with Crippen LogP contribution < -0.4 is 56.5 Å². The van der Waals surface area contributed by atoms with Gasteiger partial charge in [0.2, 0.25) is 0 Å². The molecule has 126 valence electrons. The van der Waals surface area contributed by atoms with E-state index in [1.165, 1.54) is 0 Å². The Hall–Kier alpha value is -1.34. The molecule has 0 aliphatic rings. The SMILES string of the molecule is O=C([O-])c1cc(-c2ccc(-c3ccccc3)cc2)nc2ccc(Br)cc12.[K+]. The third-order valence-corrected chi connectivity index (χ3v) is 4.77. The first-order valence-electron chi connectivity index (χ1n) is 8.09. The summed E-state index contributed by atoms with van der Waals surface area (Å²) in [5.74, 6) is -1.21. The molecule has 3 nitrogen and oxygen atoms in total. The van der Waals surface area contributed by atoms with Gasteiger partial charge >= 0.3 is 51.4 Å². The number of aromatic nitrogens is 1. The summed E-state index contributed by atoms with van der Waals surface area (Å²) in [6.07, 6.45) is 0. The van der Waals surface area contributed by atoms with Crippen LogP contribution in [-0.2, 0) is 0 Å². The maximum atomic E-state index is 11.6. The van der Waals surface area contributed by atoms with Crippen LogP contribution in [0.3, 0.4) is 0 Å². The molecule has 0 N–H and O–H groups in total. The molecule has 0 bridgehead atoms. The zero-order valence-electron chi connectivity index (χ0n) is 14.6. The molecule has 0 saturated heterocycles. The van der Waals surface area contributed by atoms with Crippen LogP contribution in [0.1, 0.15) is 10.4 Å². The van der Waals surface area contributed by atoms with E-state index in [1.807, 2.05) is 48.5 Å². The van der Waals surface area contributed by atoms with Crippen molar-refractivity contribution in [3.63, 3.8) is 0 Å². The van der Waals surface area contributed by atoms with Crippen molar-refractivity contribution >= 4 is 32.8 Å². The Kier molecular flexibility index (Phi) is 6.63. The van der Waals surface area contributed by atoms with Gasteiger partial charge < -0.3 is 9.90 Å². The number of fused-ring (bicyclic) bond motifs is 1. The largest absolute Gasteiger partial charge is 1.00 e. The summed E-state index contributed by atoms with van der Waals surface area (Å²) < 4.78 is 0.800. The third-order valence-electron chi connectivity index (χ3n) is 4.28. The molecule has 1 heterocycles. The maximum Gasteiger partial charge on any atom is 1.00 e. The van der Waals surface area contributed by atoms with Crippen LogP contribution >= 0.6 is 15.9 Å². The predicted octanol–water partition coefficient (Wildman–Crippen LogP) is 1.70. The zero-order chi connectivity index (χ0) is 18.1. The minimum absolute atomic E-state index is 0. The van der Waals surface area contributed by atoms with Crippen LogP contribution in [0, 0.1) is 0 Å². The quantitative estimate of drug-likeness (QED) is 0.454. The van der Waals surface area contributed by atoms with Crippen LogP contribution in [-0.4, -0.2) is 11.0 Å². The number of pyridine rings is 1. The minimum Gasteiger partial charge on any atom is -0.545 e. The molecule has 0 radical (unpaired) electrons. The fourth-order valence-corrected chi connectivity index (χ4v) is 3.34. The van der Waals surface area contributed by atoms with Crippen molar-refractivity contribution in [1.29, 1.82) is 0 Å². The average Bonchev–Trinajstić information content (AvgIpc) is 2.68. The molecular formula is C22H13BrKNO2. The van der Waals surface area contributed by atoms with Gasteiger partial charge in [0, 0.05) is 21.0 Å². The van der Waals surface area contributed by atoms with Crippen molar-refractivity contribution in [2.24, 2.45) is 0 Å². The monoisotopic (exact) mass is 441 g/mol. The number of rotatable bonds is 3. The number of nitrogens with zero attached hydrogens (tertiary/aromatic N) is 1. The molecule has 0 fully saturated rings. The van der Waals surface area contributed by atoms with Crippen molar-refractivity contribution in [3.8, 4) is 22.4 Å². The number of halogens is 1. The maximum absolute atomic E-state index is 11.6. The van der Waals surface area contributed by atoms with E-state index in [-0.39, 0.29) is 56.9 Å². The topological polar surface area (TPSA) is 53.0 Å². The molecule has 0 spiro atoms. The molecule has 0 aliphatic carbocycles. The second kappa shape index (κ2) is 8.77. The third kappa shape index (κ3) is 4.40. The van der Waals surface area contributed by atoms with Crippen LogP contribution in [0.25, 0.3) is 33.3 Å². The molecule has 0 amide bonds. The fourth-order valence-electron chi connectivity index (χ4n) is 2.98. The first-order chi connectivity index (χ1) is 12.6. The number of carboxylic acids is 1. The van der Waals surface area contributed by atoms with Gasteiger partial charge in [0.05, 0.1) is 17.2 Å². The van der Waals surface area contributed by atoms with E-state index < -0.39 is 5.97 Å². The molecule has 0 atom stereocenters. The second-order valence-electron chi connectivity index (χ2n) is 5.95. The number of aromatic carboxylic acids is 1. The summed E-state index contributed by atoms with van der Waals surface area (Å²) in [4.78, 5) is 16.2. The molecule has 0 aliphatic heterocycles. The number of hydrogen-bond acceptors (Lipinski definition) is 3. The summed E-state index contributed by atoms with van der Waals surface area (Å²) in [7, 11) is 0. The van der Waals surface area contributed by atoms with E-state index in [2.05, 4.69) is 33.0 Å². The van der Waals surface area contributed by atoms with E-state index in [0.29, 0.717) is 16.6 Å². The van der Waals surface area contributed by atoms with Gasteiger partial charge in [0.25, 0.3) is 0 Å². The Balaban J connectivity index is 0.00000210. The van der Waals surface area contributed by atoms with Crippen molar-refractivity contribution in [3.05, 3.63) is 88.9 Å².